The van der Waals surface area contributed by atoms with Crippen LogP contribution in [0.5, 0.6) is 0 Å². The first-order valence-electron chi connectivity index (χ1n) is 13.6. The number of fused-ring (bicyclic) bond motifs is 1. The van der Waals surface area contributed by atoms with Crippen LogP contribution in [0.3, 0.4) is 0 Å². The Balaban J connectivity index is 1.36. The molecule has 1 fully saturated rings. The Bertz CT molecular complexity index is 1680. The molecule has 0 unspecified atom stereocenters. The van der Waals surface area contributed by atoms with Crippen LogP contribution in [0.15, 0.2) is 48.7 Å². The molecule has 9 nitrogen and oxygen atoms in total. The fraction of sp³-hybridized carbons (Fsp3) is 0.379. The zero-order valence-electron chi connectivity index (χ0n) is 23.5. The second-order valence-electron chi connectivity index (χ2n) is 10.8. The van der Waals surface area contributed by atoms with Crippen molar-refractivity contribution < 1.29 is 21.6 Å². The van der Waals surface area contributed by atoms with Crippen molar-refractivity contribution in [2.75, 3.05) is 24.1 Å². The van der Waals surface area contributed by atoms with E-state index in [2.05, 4.69) is 49.0 Å². The molecule has 42 heavy (non-hydrogen) atoms. The Hall–Kier alpha value is -3.84. The molecule has 3 aromatic heterocycles. The van der Waals surface area contributed by atoms with Gasteiger partial charge < -0.3 is 10.2 Å². The van der Waals surface area contributed by atoms with Crippen molar-refractivity contribution in [2.45, 2.75) is 56.9 Å². The number of sulfonamides is 1. The maximum absolute atomic E-state index is 14.2. The van der Waals surface area contributed by atoms with Crippen LogP contribution in [0.1, 0.15) is 48.9 Å². The summed E-state index contributed by atoms with van der Waals surface area (Å²) in [5, 5.41) is 3.30. The minimum Gasteiger partial charge on any atom is -0.351 e. The topological polar surface area (TPSA) is 113 Å². The van der Waals surface area contributed by atoms with Crippen LogP contribution in [0, 0.1) is 12.7 Å². The summed E-state index contributed by atoms with van der Waals surface area (Å²) >= 11 is 0. The molecule has 1 aliphatic carbocycles. The Kier molecular flexibility index (Phi) is 8.60. The fourth-order valence-corrected chi connectivity index (χ4v) is 6.36. The minimum atomic E-state index is -3.84. The zero-order chi connectivity index (χ0) is 30.0. The van der Waals surface area contributed by atoms with Crippen LogP contribution in [0.4, 0.5) is 24.9 Å². The first-order valence-corrected chi connectivity index (χ1v) is 15.2. The number of alkyl halides is 2. The third kappa shape index (κ3) is 6.96. The Labute approximate surface area is 242 Å². The van der Waals surface area contributed by atoms with Crippen LogP contribution in [0.25, 0.3) is 22.3 Å². The number of hydrogen-bond donors (Lipinski definition) is 2. The van der Waals surface area contributed by atoms with Crippen molar-refractivity contribution in [1.29, 1.82) is 0 Å². The number of aryl methyl sites for hydroxylation is 1. The van der Waals surface area contributed by atoms with Crippen molar-refractivity contribution >= 4 is 32.8 Å². The monoisotopic (exact) mass is 599 g/mol. The summed E-state index contributed by atoms with van der Waals surface area (Å²) in [5.74, 6) is -0.474. The van der Waals surface area contributed by atoms with Crippen LogP contribution < -0.4 is 10.0 Å². The van der Waals surface area contributed by atoms with Gasteiger partial charge in [-0.3, -0.25) is 4.72 Å². The number of nitrogens with one attached hydrogen (secondary N) is 2. The van der Waals surface area contributed by atoms with Gasteiger partial charge in [-0.1, -0.05) is 12.1 Å². The second kappa shape index (κ2) is 12.2. The van der Waals surface area contributed by atoms with E-state index in [0.29, 0.717) is 28.8 Å². The van der Waals surface area contributed by atoms with E-state index in [0.717, 1.165) is 25.7 Å². The molecule has 3 heterocycles. The SMILES string of the molecule is Cc1nc(NS(=O)(=O)Cc2ccc(F)cc2)ccc1-c1cc(C(F)F)c2nc(N[C@H]3CC[C@H](N(C)C)CC3)ncc2n1. The van der Waals surface area contributed by atoms with E-state index in [1.807, 2.05) is 0 Å². The smallest absolute Gasteiger partial charge is 0.266 e. The molecule has 0 bridgehead atoms. The lowest BCUT2D eigenvalue weighted by Gasteiger charge is -2.32. The van der Waals surface area contributed by atoms with Crippen molar-refractivity contribution in [2.24, 2.45) is 0 Å². The zero-order valence-corrected chi connectivity index (χ0v) is 24.3. The molecule has 1 saturated carbocycles. The van der Waals surface area contributed by atoms with E-state index in [1.165, 1.54) is 42.6 Å². The van der Waals surface area contributed by atoms with Crippen molar-refractivity contribution in [3.05, 3.63) is 71.3 Å². The lowest BCUT2D eigenvalue weighted by molar-refractivity contribution is 0.153. The summed E-state index contributed by atoms with van der Waals surface area (Å²) < 4.78 is 69.2. The maximum atomic E-state index is 14.2. The predicted molar refractivity (Wildman–Crippen MR) is 156 cm³/mol. The lowest BCUT2D eigenvalue weighted by atomic mass is 9.91. The van der Waals surface area contributed by atoms with Crippen LogP contribution in [-0.2, 0) is 15.8 Å². The van der Waals surface area contributed by atoms with Gasteiger partial charge in [-0.05, 0) is 82.6 Å². The molecule has 1 aromatic carbocycles. The van der Waals surface area contributed by atoms with E-state index >= 15 is 0 Å². The van der Waals surface area contributed by atoms with E-state index in [4.69, 9.17) is 0 Å². The summed E-state index contributed by atoms with van der Waals surface area (Å²) in [4.78, 5) is 19.8. The molecule has 0 spiro atoms. The normalized spacial score (nSPS) is 17.6. The van der Waals surface area contributed by atoms with Crippen LogP contribution in [-0.4, -0.2) is 59.4 Å². The molecule has 13 heteroatoms. The average molecular weight is 600 g/mol. The Morgan fingerprint density at radius 3 is 2.36 bits per heavy atom. The number of hydrogen-bond acceptors (Lipinski definition) is 8. The number of rotatable bonds is 9. The fourth-order valence-electron chi connectivity index (χ4n) is 5.22. The van der Waals surface area contributed by atoms with Gasteiger partial charge in [0.05, 0.1) is 17.6 Å². The molecule has 4 aromatic rings. The highest BCUT2D eigenvalue weighted by Gasteiger charge is 2.24. The van der Waals surface area contributed by atoms with E-state index in [-0.39, 0.29) is 39.9 Å². The molecule has 0 atom stereocenters. The molecule has 0 aliphatic heterocycles. The highest BCUT2D eigenvalue weighted by atomic mass is 32.2. The van der Waals surface area contributed by atoms with Gasteiger partial charge in [-0.25, -0.2) is 41.5 Å². The number of halogens is 3. The largest absolute Gasteiger partial charge is 0.351 e. The highest BCUT2D eigenvalue weighted by Crippen LogP contribution is 2.32. The van der Waals surface area contributed by atoms with Crippen LogP contribution in [0.2, 0.25) is 0 Å². The van der Waals surface area contributed by atoms with Gasteiger partial charge in [-0.15, -0.1) is 0 Å². The van der Waals surface area contributed by atoms with Gasteiger partial charge in [0.25, 0.3) is 6.43 Å². The molecular weight excluding hydrogens is 567 g/mol. The predicted octanol–water partition coefficient (Wildman–Crippen LogP) is 5.70. The maximum Gasteiger partial charge on any atom is 0.266 e. The molecule has 5 rings (SSSR count). The number of pyridine rings is 2. The highest BCUT2D eigenvalue weighted by molar-refractivity contribution is 7.91. The van der Waals surface area contributed by atoms with Gasteiger partial charge in [0.1, 0.15) is 22.7 Å². The number of benzene rings is 1. The average Bonchev–Trinajstić information content (AvgIpc) is 2.93. The quantitative estimate of drug-likeness (QED) is 0.252. The summed E-state index contributed by atoms with van der Waals surface area (Å²) in [5.41, 5.74) is 1.51. The van der Waals surface area contributed by atoms with Gasteiger partial charge >= 0.3 is 0 Å². The first-order chi connectivity index (χ1) is 20.0. The van der Waals surface area contributed by atoms with E-state index in [9.17, 15) is 21.6 Å². The molecule has 0 saturated heterocycles. The standard InChI is InChI=1S/C29H32F3N7O2S/c1-17-22(12-13-26(34-17)38-42(40,41)16-18-4-6-19(30)7-5-18)24-14-23(28(31)32)27-25(36-24)15-33-29(37-27)35-20-8-10-21(11-9-20)39(2)3/h4-7,12-15,20-21,28H,8-11,16H2,1-3H3,(H,34,38)(H,33,35,37)/t20-,21-. The summed E-state index contributed by atoms with van der Waals surface area (Å²) in [6.45, 7) is 1.63. The summed E-state index contributed by atoms with van der Waals surface area (Å²) in [6, 6.07) is 10.1. The number of nitrogens with zero attached hydrogens (tertiary/aromatic N) is 5. The van der Waals surface area contributed by atoms with Crippen molar-refractivity contribution in [3.63, 3.8) is 0 Å². The third-order valence-corrected chi connectivity index (χ3v) is 8.70. The third-order valence-electron chi connectivity index (χ3n) is 7.46. The molecule has 0 amide bonds. The minimum absolute atomic E-state index is 0.0619. The molecule has 2 N–H and O–H groups in total. The molecule has 1 aliphatic rings. The Morgan fingerprint density at radius 2 is 1.71 bits per heavy atom. The number of aromatic nitrogens is 4. The molecular formula is C29H32F3N7O2S. The van der Waals surface area contributed by atoms with Gasteiger partial charge in [0.2, 0.25) is 16.0 Å². The Morgan fingerprint density at radius 1 is 1.00 bits per heavy atom. The second-order valence-corrected chi connectivity index (χ2v) is 12.5. The van der Waals surface area contributed by atoms with Crippen molar-refractivity contribution in [3.8, 4) is 11.3 Å². The molecule has 222 valence electrons. The van der Waals surface area contributed by atoms with Crippen LogP contribution >= 0.6 is 0 Å². The molecule has 0 radical (unpaired) electrons. The number of anilines is 2. The lowest BCUT2D eigenvalue weighted by Crippen LogP contribution is -2.36. The summed E-state index contributed by atoms with van der Waals surface area (Å²) in [7, 11) is 0.308. The first kappa shape index (κ1) is 29.6. The van der Waals surface area contributed by atoms with Gasteiger partial charge in [0.15, 0.2) is 0 Å². The van der Waals surface area contributed by atoms with Crippen molar-refractivity contribution in [1.82, 2.24) is 24.8 Å². The summed E-state index contributed by atoms with van der Waals surface area (Å²) in [6.07, 6.45) is 2.58. The van der Waals surface area contributed by atoms with Gasteiger partial charge in [0, 0.05) is 28.9 Å². The van der Waals surface area contributed by atoms with E-state index < -0.39 is 22.3 Å². The van der Waals surface area contributed by atoms with Gasteiger partial charge in [-0.2, -0.15) is 0 Å². The van der Waals surface area contributed by atoms with E-state index in [1.54, 1.807) is 13.0 Å².